The van der Waals surface area contributed by atoms with Crippen LogP contribution in [0.25, 0.3) is 0 Å². The highest BCUT2D eigenvalue weighted by molar-refractivity contribution is 7.89. The monoisotopic (exact) mass is 485 g/mol. The van der Waals surface area contributed by atoms with Crippen molar-refractivity contribution in [2.24, 2.45) is 0 Å². The maximum absolute atomic E-state index is 13.1. The van der Waals surface area contributed by atoms with E-state index in [1.165, 1.54) is 9.87 Å². The van der Waals surface area contributed by atoms with Crippen LogP contribution in [0.4, 0.5) is 5.82 Å². The first-order valence-electron chi connectivity index (χ1n) is 11.5. The number of rotatable bonds is 7. The molecule has 34 heavy (non-hydrogen) atoms. The Morgan fingerprint density at radius 1 is 1.03 bits per heavy atom. The smallest absolute Gasteiger partial charge is 0.243 e. The van der Waals surface area contributed by atoms with Crippen LogP contribution in [0.15, 0.2) is 41.4 Å². The van der Waals surface area contributed by atoms with Gasteiger partial charge in [-0.15, -0.1) is 0 Å². The SMILES string of the molecule is Cc1ccnc(NC(=O)CN(C)CC(=O)N2CCN(S(=O)(=O)c3ccc4c(c3)CCC4)CC2)c1. The largest absolute Gasteiger partial charge is 0.339 e. The molecule has 1 saturated heterocycles. The average molecular weight is 486 g/mol. The van der Waals surface area contributed by atoms with Gasteiger partial charge >= 0.3 is 0 Å². The van der Waals surface area contributed by atoms with E-state index in [2.05, 4.69) is 10.3 Å². The van der Waals surface area contributed by atoms with Gasteiger partial charge in [0.2, 0.25) is 21.8 Å². The number of likely N-dealkylation sites (N-methyl/N-ethyl adjacent to an activating group) is 1. The number of piperazine rings is 1. The minimum Gasteiger partial charge on any atom is -0.339 e. The van der Waals surface area contributed by atoms with Gasteiger partial charge in [-0.1, -0.05) is 6.07 Å². The zero-order chi connectivity index (χ0) is 24.3. The van der Waals surface area contributed by atoms with Crippen LogP contribution in [0.5, 0.6) is 0 Å². The topological polar surface area (TPSA) is 103 Å². The van der Waals surface area contributed by atoms with Gasteiger partial charge in [-0.05, 0) is 74.2 Å². The molecule has 0 bridgehead atoms. The number of nitrogens with one attached hydrogen (secondary N) is 1. The Labute approximate surface area is 200 Å². The summed E-state index contributed by atoms with van der Waals surface area (Å²) in [6, 6.07) is 9.05. The first-order chi connectivity index (χ1) is 16.2. The fourth-order valence-electron chi connectivity index (χ4n) is 4.45. The number of sulfonamides is 1. The molecule has 2 aliphatic rings. The highest BCUT2D eigenvalue weighted by Gasteiger charge is 2.31. The maximum Gasteiger partial charge on any atom is 0.243 e. The van der Waals surface area contributed by atoms with Gasteiger partial charge in [-0.2, -0.15) is 4.31 Å². The van der Waals surface area contributed by atoms with Gasteiger partial charge in [-0.3, -0.25) is 14.5 Å². The standard InChI is InChI=1S/C24H31N5O4S/c1-18-8-9-25-22(14-18)26-23(30)16-27(2)17-24(31)28-10-12-29(13-11-28)34(32,33)21-7-6-19-4-3-5-20(19)15-21/h6-9,14-15H,3-5,10-13,16-17H2,1-2H3,(H,25,26,30). The molecule has 0 atom stereocenters. The Hall–Kier alpha value is -2.82. The quantitative estimate of drug-likeness (QED) is 0.634. The second-order valence-electron chi connectivity index (χ2n) is 9.01. The highest BCUT2D eigenvalue weighted by Crippen LogP contribution is 2.26. The number of aromatic nitrogens is 1. The fourth-order valence-corrected chi connectivity index (χ4v) is 5.93. The minimum atomic E-state index is -3.58. The van der Waals surface area contributed by atoms with Crippen LogP contribution in [0.1, 0.15) is 23.1 Å². The van der Waals surface area contributed by atoms with E-state index in [0.29, 0.717) is 23.8 Å². The van der Waals surface area contributed by atoms with E-state index in [9.17, 15) is 18.0 Å². The number of carbonyl (C=O) groups excluding carboxylic acids is 2. The molecule has 1 aromatic heterocycles. The molecule has 1 N–H and O–H groups in total. The summed E-state index contributed by atoms with van der Waals surface area (Å²) < 4.78 is 27.7. The number of amides is 2. The van der Waals surface area contributed by atoms with Gasteiger partial charge in [0.15, 0.2) is 0 Å². The summed E-state index contributed by atoms with van der Waals surface area (Å²) in [7, 11) is -1.87. The van der Waals surface area contributed by atoms with Crippen molar-refractivity contribution in [3.8, 4) is 0 Å². The number of aryl methyl sites for hydroxylation is 3. The van der Waals surface area contributed by atoms with Crippen molar-refractivity contribution in [1.29, 1.82) is 0 Å². The average Bonchev–Trinajstić information content (AvgIpc) is 3.27. The molecule has 2 aromatic rings. The van der Waals surface area contributed by atoms with Gasteiger partial charge in [-0.25, -0.2) is 13.4 Å². The molecule has 9 nitrogen and oxygen atoms in total. The van der Waals surface area contributed by atoms with Crippen molar-refractivity contribution in [3.63, 3.8) is 0 Å². The lowest BCUT2D eigenvalue weighted by Crippen LogP contribution is -2.52. The Morgan fingerprint density at radius 3 is 2.50 bits per heavy atom. The van der Waals surface area contributed by atoms with Crippen LogP contribution in [0, 0.1) is 6.92 Å². The van der Waals surface area contributed by atoms with Crippen molar-refractivity contribution in [2.75, 3.05) is 51.6 Å². The molecular formula is C24H31N5O4S. The molecule has 0 spiro atoms. The third-order valence-corrected chi connectivity index (χ3v) is 8.20. The van der Waals surface area contributed by atoms with Crippen molar-refractivity contribution in [1.82, 2.24) is 19.1 Å². The summed E-state index contributed by atoms with van der Waals surface area (Å²) in [4.78, 5) is 32.7. The molecule has 0 saturated carbocycles. The molecule has 2 amide bonds. The number of nitrogens with zero attached hydrogens (tertiary/aromatic N) is 4. The number of hydrogen-bond acceptors (Lipinski definition) is 6. The lowest BCUT2D eigenvalue weighted by molar-refractivity contribution is -0.133. The van der Waals surface area contributed by atoms with Crippen LogP contribution in [0.3, 0.4) is 0 Å². The minimum absolute atomic E-state index is 0.0496. The molecule has 0 unspecified atom stereocenters. The Bertz CT molecular complexity index is 1180. The first-order valence-corrected chi connectivity index (χ1v) is 13.0. The summed E-state index contributed by atoms with van der Waals surface area (Å²) in [5.41, 5.74) is 3.36. The number of hydrogen-bond donors (Lipinski definition) is 1. The summed E-state index contributed by atoms with van der Waals surface area (Å²) in [5.74, 6) is 0.0997. The molecular weight excluding hydrogens is 454 g/mol. The number of pyridine rings is 1. The van der Waals surface area contributed by atoms with E-state index >= 15 is 0 Å². The van der Waals surface area contributed by atoms with Gasteiger partial charge < -0.3 is 10.2 Å². The summed E-state index contributed by atoms with van der Waals surface area (Å²) in [6.07, 6.45) is 4.63. The Kier molecular flexibility index (Phi) is 7.30. The van der Waals surface area contributed by atoms with Crippen LogP contribution in [-0.4, -0.2) is 85.6 Å². The molecule has 2 heterocycles. The molecule has 1 aromatic carbocycles. The van der Waals surface area contributed by atoms with E-state index in [4.69, 9.17) is 0 Å². The maximum atomic E-state index is 13.1. The second-order valence-corrected chi connectivity index (χ2v) is 10.9. The predicted molar refractivity (Wildman–Crippen MR) is 129 cm³/mol. The van der Waals surface area contributed by atoms with Crippen molar-refractivity contribution < 1.29 is 18.0 Å². The lowest BCUT2D eigenvalue weighted by atomic mass is 10.1. The van der Waals surface area contributed by atoms with E-state index < -0.39 is 10.0 Å². The molecule has 182 valence electrons. The normalized spacial score (nSPS) is 16.5. The number of benzene rings is 1. The summed E-state index contributed by atoms with van der Waals surface area (Å²) in [6.45, 7) is 3.22. The summed E-state index contributed by atoms with van der Waals surface area (Å²) >= 11 is 0. The van der Waals surface area contributed by atoms with E-state index in [0.717, 1.165) is 30.4 Å². The first kappa shape index (κ1) is 24.3. The highest BCUT2D eigenvalue weighted by atomic mass is 32.2. The van der Waals surface area contributed by atoms with E-state index in [1.807, 2.05) is 25.1 Å². The molecule has 4 rings (SSSR count). The van der Waals surface area contributed by atoms with Gasteiger partial charge in [0.05, 0.1) is 18.0 Å². The van der Waals surface area contributed by atoms with Crippen LogP contribution in [0.2, 0.25) is 0 Å². The van der Waals surface area contributed by atoms with Crippen molar-refractivity contribution >= 4 is 27.7 Å². The van der Waals surface area contributed by atoms with Crippen LogP contribution >= 0.6 is 0 Å². The third kappa shape index (κ3) is 5.63. The Balaban J connectivity index is 1.26. The van der Waals surface area contributed by atoms with Crippen molar-refractivity contribution in [3.05, 3.63) is 53.2 Å². The van der Waals surface area contributed by atoms with Gasteiger partial charge in [0, 0.05) is 32.4 Å². The molecule has 1 fully saturated rings. The third-order valence-electron chi connectivity index (χ3n) is 6.30. The molecule has 1 aliphatic heterocycles. The second kappa shape index (κ2) is 10.2. The number of anilines is 1. The lowest BCUT2D eigenvalue weighted by Gasteiger charge is -2.34. The van der Waals surface area contributed by atoms with Crippen LogP contribution in [-0.2, 0) is 32.5 Å². The zero-order valence-corrected chi connectivity index (χ0v) is 20.5. The number of carbonyl (C=O) groups is 2. The van der Waals surface area contributed by atoms with Crippen molar-refractivity contribution in [2.45, 2.75) is 31.1 Å². The molecule has 10 heteroatoms. The van der Waals surface area contributed by atoms with E-state index in [-0.39, 0.29) is 38.0 Å². The van der Waals surface area contributed by atoms with Crippen LogP contribution < -0.4 is 5.32 Å². The molecule has 0 radical (unpaired) electrons. The van der Waals surface area contributed by atoms with E-state index in [1.54, 1.807) is 35.2 Å². The zero-order valence-electron chi connectivity index (χ0n) is 19.7. The summed E-state index contributed by atoms with van der Waals surface area (Å²) in [5, 5.41) is 2.73. The van der Waals surface area contributed by atoms with Gasteiger partial charge in [0.25, 0.3) is 0 Å². The Morgan fingerprint density at radius 2 is 1.76 bits per heavy atom. The number of fused-ring (bicyclic) bond motifs is 1. The fraction of sp³-hybridized carbons (Fsp3) is 0.458. The molecule has 1 aliphatic carbocycles. The van der Waals surface area contributed by atoms with Gasteiger partial charge in [0.1, 0.15) is 5.82 Å². The predicted octanol–water partition coefficient (Wildman–Crippen LogP) is 1.28.